The van der Waals surface area contributed by atoms with Crippen LogP contribution in [0, 0.1) is 0 Å². The van der Waals surface area contributed by atoms with Gasteiger partial charge in [-0.1, -0.05) is 30.3 Å². The Kier molecular flexibility index (Phi) is 5.30. The number of carbonyl (C=O) groups is 2. The van der Waals surface area contributed by atoms with Crippen LogP contribution in [0.2, 0.25) is 0 Å². The van der Waals surface area contributed by atoms with Gasteiger partial charge in [-0.3, -0.25) is 14.5 Å². The van der Waals surface area contributed by atoms with Crippen molar-refractivity contribution in [3.8, 4) is 11.5 Å². The molecule has 3 rings (SSSR count). The molecule has 0 aliphatic carbocycles. The maximum absolute atomic E-state index is 12.0. The van der Waals surface area contributed by atoms with Crippen molar-refractivity contribution in [1.82, 2.24) is 10.2 Å². The highest BCUT2D eigenvalue weighted by atomic mass is 16.5. The van der Waals surface area contributed by atoms with Crippen molar-refractivity contribution in [2.24, 2.45) is 0 Å². The van der Waals surface area contributed by atoms with Crippen LogP contribution in [0.15, 0.2) is 54.6 Å². The van der Waals surface area contributed by atoms with Gasteiger partial charge in [0.1, 0.15) is 17.5 Å². The number of benzene rings is 2. The summed E-state index contributed by atoms with van der Waals surface area (Å²) in [4.78, 5) is 24.9. The number of para-hydroxylation sites is 1. The normalized spacial score (nSPS) is 17.8. The van der Waals surface area contributed by atoms with Crippen molar-refractivity contribution < 1.29 is 19.4 Å². The standard InChI is InChI=1S/C19H20N2O4/c22-18(23)12-17-19(24)20-9-10-21(17)13-14-5-4-8-16(11-14)25-15-6-2-1-3-7-15/h1-8,11,17H,9-10,12-13H2,(H,20,24)(H,22,23). The lowest BCUT2D eigenvalue weighted by atomic mass is 10.1. The van der Waals surface area contributed by atoms with E-state index in [2.05, 4.69) is 5.32 Å². The zero-order valence-electron chi connectivity index (χ0n) is 13.7. The Hall–Kier alpha value is -2.86. The maximum atomic E-state index is 12.0. The van der Waals surface area contributed by atoms with E-state index in [1.807, 2.05) is 59.5 Å². The van der Waals surface area contributed by atoms with Crippen LogP contribution in [-0.2, 0) is 16.1 Å². The van der Waals surface area contributed by atoms with Crippen molar-refractivity contribution in [2.45, 2.75) is 19.0 Å². The molecule has 6 nitrogen and oxygen atoms in total. The second-order valence-electron chi connectivity index (χ2n) is 5.94. The summed E-state index contributed by atoms with van der Waals surface area (Å²) in [6.45, 7) is 1.64. The molecule has 0 spiro atoms. The SMILES string of the molecule is O=C(O)CC1C(=O)NCCN1Cc1cccc(Oc2ccccc2)c1. The first-order valence-corrected chi connectivity index (χ1v) is 8.17. The lowest BCUT2D eigenvalue weighted by Gasteiger charge is -2.34. The molecule has 0 saturated carbocycles. The van der Waals surface area contributed by atoms with Crippen molar-refractivity contribution >= 4 is 11.9 Å². The number of hydrogen-bond acceptors (Lipinski definition) is 4. The van der Waals surface area contributed by atoms with Crippen molar-refractivity contribution in [3.63, 3.8) is 0 Å². The molecule has 2 aromatic carbocycles. The summed E-state index contributed by atoms with van der Waals surface area (Å²) < 4.78 is 5.83. The molecular weight excluding hydrogens is 320 g/mol. The van der Waals surface area contributed by atoms with Crippen LogP contribution in [0.4, 0.5) is 0 Å². The van der Waals surface area contributed by atoms with Crippen molar-refractivity contribution in [1.29, 1.82) is 0 Å². The van der Waals surface area contributed by atoms with E-state index in [9.17, 15) is 9.59 Å². The van der Waals surface area contributed by atoms with E-state index in [1.165, 1.54) is 0 Å². The van der Waals surface area contributed by atoms with Gasteiger partial charge in [-0.15, -0.1) is 0 Å². The predicted molar refractivity (Wildman–Crippen MR) is 92.4 cm³/mol. The third-order valence-corrected chi connectivity index (χ3v) is 4.07. The van der Waals surface area contributed by atoms with Gasteiger partial charge in [-0.05, 0) is 29.8 Å². The van der Waals surface area contributed by atoms with Crippen LogP contribution in [0.5, 0.6) is 11.5 Å². The minimum absolute atomic E-state index is 0.202. The van der Waals surface area contributed by atoms with Crippen LogP contribution in [0.3, 0.4) is 0 Å². The molecule has 25 heavy (non-hydrogen) atoms. The van der Waals surface area contributed by atoms with E-state index in [0.29, 0.717) is 25.4 Å². The summed E-state index contributed by atoms with van der Waals surface area (Å²) in [7, 11) is 0. The summed E-state index contributed by atoms with van der Waals surface area (Å²) in [5.41, 5.74) is 0.971. The highest BCUT2D eigenvalue weighted by Gasteiger charge is 2.31. The monoisotopic (exact) mass is 340 g/mol. The lowest BCUT2D eigenvalue weighted by Crippen LogP contribution is -2.55. The number of carboxylic acids is 1. The van der Waals surface area contributed by atoms with Gasteiger partial charge in [0.15, 0.2) is 0 Å². The summed E-state index contributed by atoms with van der Waals surface area (Å²) >= 11 is 0. The zero-order chi connectivity index (χ0) is 17.6. The predicted octanol–water partition coefficient (Wildman–Crippen LogP) is 2.25. The van der Waals surface area contributed by atoms with E-state index < -0.39 is 12.0 Å². The minimum atomic E-state index is -0.979. The number of nitrogens with one attached hydrogen (secondary N) is 1. The fraction of sp³-hybridized carbons (Fsp3) is 0.263. The molecule has 0 radical (unpaired) electrons. The summed E-state index contributed by atoms with van der Waals surface area (Å²) in [6.07, 6.45) is -0.202. The quantitative estimate of drug-likeness (QED) is 0.843. The van der Waals surface area contributed by atoms with E-state index in [0.717, 1.165) is 11.3 Å². The number of rotatable bonds is 6. The van der Waals surface area contributed by atoms with Crippen LogP contribution in [0.25, 0.3) is 0 Å². The fourth-order valence-corrected chi connectivity index (χ4v) is 2.91. The van der Waals surface area contributed by atoms with E-state index >= 15 is 0 Å². The molecule has 1 aliphatic heterocycles. The molecule has 1 amide bonds. The number of hydrogen-bond donors (Lipinski definition) is 2. The van der Waals surface area contributed by atoms with Gasteiger partial charge in [0.25, 0.3) is 0 Å². The van der Waals surface area contributed by atoms with Gasteiger partial charge in [-0.25, -0.2) is 0 Å². The molecule has 1 saturated heterocycles. The summed E-state index contributed by atoms with van der Waals surface area (Å²) in [5, 5.41) is 11.8. The number of aliphatic carboxylic acids is 1. The Balaban J connectivity index is 1.72. The minimum Gasteiger partial charge on any atom is -0.481 e. The largest absolute Gasteiger partial charge is 0.481 e. The molecule has 1 unspecified atom stereocenters. The lowest BCUT2D eigenvalue weighted by molar-refractivity contribution is -0.143. The van der Waals surface area contributed by atoms with Gasteiger partial charge in [0.05, 0.1) is 6.42 Å². The van der Waals surface area contributed by atoms with Gasteiger partial charge in [-0.2, -0.15) is 0 Å². The van der Waals surface area contributed by atoms with Gasteiger partial charge in [0, 0.05) is 19.6 Å². The number of nitrogens with zero attached hydrogens (tertiary/aromatic N) is 1. The fourth-order valence-electron chi connectivity index (χ4n) is 2.91. The molecule has 2 N–H and O–H groups in total. The highest BCUT2D eigenvalue weighted by Crippen LogP contribution is 2.23. The van der Waals surface area contributed by atoms with Crippen LogP contribution < -0.4 is 10.1 Å². The molecule has 1 atom stereocenters. The number of carbonyl (C=O) groups excluding carboxylic acids is 1. The molecule has 2 aromatic rings. The zero-order valence-corrected chi connectivity index (χ0v) is 13.7. The number of ether oxygens (including phenoxy) is 1. The highest BCUT2D eigenvalue weighted by molar-refractivity contribution is 5.86. The van der Waals surface area contributed by atoms with E-state index in [4.69, 9.17) is 9.84 Å². The first kappa shape index (κ1) is 17.0. The topological polar surface area (TPSA) is 78.9 Å². The smallest absolute Gasteiger partial charge is 0.305 e. The number of piperazine rings is 1. The van der Waals surface area contributed by atoms with Crippen LogP contribution in [-0.4, -0.2) is 41.0 Å². The van der Waals surface area contributed by atoms with Crippen molar-refractivity contribution in [3.05, 3.63) is 60.2 Å². The molecule has 1 fully saturated rings. The molecule has 130 valence electrons. The molecular formula is C19H20N2O4. The molecule has 0 bridgehead atoms. The maximum Gasteiger partial charge on any atom is 0.305 e. The van der Waals surface area contributed by atoms with Crippen LogP contribution in [0.1, 0.15) is 12.0 Å². The average molecular weight is 340 g/mol. The number of carboxylic acid groups (broad SMARTS) is 1. The Labute approximate surface area is 146 Å². The van der Waals surface area contributed by atoms with Gasteiger partial charge < -0.3 is 15.2 Å². The Morgan fingerprint density at radius 2 is 1.92 bits per heavy atom. The summed E-state index contributed by atoms with van der Waals surface area (Å²) in [6, 6.07) is 16.5. The average Bonchev–Trinajstić information content (AvgIpc) is 2.59. The number of amides is 1. The van der Waals surface area contributed by atoms with E-state index in [-0.39, 0.29) is 12.3 Å². The molecule has 1 heterocycles. The van der Waals surface area contributed by atoms with E-state index in [1.54, 1.807) is 0 Å². The van der Waals surface area contributed by atoms with Crippen molar-refractivity contribution in [2.75, 3.05) is 13.1 Å². The molecule has 6 heteroatoms. The third-order valence-electron chi connectivity index (χ3n) is 4.07. The third kappa shape index (κ3) is 4.58. The second kappa shape index (κ2) is 7.81. The Morgan fingerprint density at radius 3 is 2.68 bits per heavy atom. The molecule has 0 aromatic heterocycles. The first-order valence-electron chi connectivity index (χ1n) is 8.17. The molecule has 1 aliphatic rings. The first-order chi connectivity index (χ1) is 12.1. The van der Waals surface area contributed by atoms with Gasteiger partial charge in [0.2, 0.25) is 5.91 Å². The second-order valence-corrected chi connectivity index (χ2v) is 5.94. The summed E-state index contributed by atoms with van der Waals surface area (Å²) in [5.74, 6) is 0.249. The van der Waals surface area contributed by atoms with Gasteiger partial charge >= 0.3 is 5.97 Å². The van der Waals surface area contributed by atoms with Crippen LogP contribution >= 0.6 is 0 Å². The Bertz CT molecular complexity index is 748. The Morgan fingerprint density at radius 1 is 1.16 bits per heavy atom.